The van der Waals surface area contributed by atoms with Gasteiger partial charge < -0.3 is 0 Å². The van der Waals surface area contributed by atoms with Crippen molar-refractivity contribution in [2.24, 2.45) is 0 Å². The minimum atomic E-state index is 0.936. The molecule has 0 fully saturated rings. The van der Waals surface area contributed by atoms with Gasteiger partial charge in [0.2, 0.25) is 0 Å². The first-order valence-corrected chi connectivity index (χ1v) is 3.15. The standard InChI is InChI=1S/C10H8/c1-2-3-7-10-8-5-4-6-9-10/h4-6,8H,1,9H2. The Balaban J connectivity index is 2.97. The molecule has 0 heteroatoms. The summed E-state index contributed by atoms with van der Waals surface area (Å²) in [4.78, 5) is 0. The van der Waals surface area contributed by atoms with E-state index in [9.17, 15) is 0 Å². The molecule has 10 heavy (non-hydrogen) atoms. The molecule has 0 heterocycles. The van der Waals surface area contributed by atoms with Crippen LogP contribution in [0, 0.1) is 0 Å². The Morgan fingerprint density at radius 2 is 2.30 bits per heavy atom. The predicted octanol–water partition coefficient (Wildman–Crippen LogP) is 2.52. The lowest BCUT2D eigenvalue weighted by Crippen LogP contribution is -1.75. The van der Waals surface area contributed by atoms with Crippen LogP contribution in [0.1, 0.15) is 6.42 Å². The van der Waals surface area contributed by atoms with E-state index < -0.39 is 0 Å². The van der Waals surface area contributed by atoms with Gasteiger partial charge in [-0.15, -0.1) is 0 Å². The highest BCUT2D eigenvalue weighted by atomic mass is 13.9. The third-order valence-corrected chi connectivity index (χ3v) is 1.19. The fourth-order valence-corrected chi connectivity index (χ4v) is 0.730. The summed E-state index contributed by atoms with van der Waals surface area (Å²) in [6.45, 7) is 3.39. The maximum atomic E-state index is 3.39. The molecular formula is C10H8. The second-order valence-electron chi connectivity index (χ2n) is 1.94. The first kappa shape index (κ1) is 6.68. The number of rotatable bonds is 0. The van der Waals surface area contributed by atoms with Crippen LogP contribution >= 0.6 is 0 Å². The van der Waals surface area contributed by atoms with E-state index >= 15 is 0 Å². The molecule has 0 saturated carbocycles. The summed E-state index contributed by atoms with van der Waals surface area (Å²) in [5.41, 5.74) is 9.26. The lowest BCUT2D eigenvalue weighted by Gasteiger charge is -1.94. The van der Waals surface area contributed by atoms with Gasteiger partial charge in [0.05, 0.1) is 0 Å². The molecule has 1 aliphatic rings. The van der Waals surface area contributed by atoms with Crippen LogP contribution in [0.5, 0.6) is 0 Å². The second kappa shape index (κ2) is 3.56. The monoisotopic (exact) mass is 128 g/mol. The van der Waals surface area contributed by atoms with Crippen molar-refractivity contribution >= 4 is 0 Å². The second-order valence-corrected chi connectivity index (χ2v) is 1.94. The average molecular weight is 128 g/mol. The van der Waals surface area contributed by atoms with E-state index in [-0.39, 0.29) is 0 Å². The zero-order valence-electron chi connectivity index (χ0n) is 5.72. The van der Waals surface area contributed by atoms with Crippen LogP contribution in [0.4, 0.5) is 0 Å². The minimum Gasteiger partial charge on any atom is -0.0795 e. The maximum Gasteiger partial charge on any atom is 0.00681 e. The van der Waals surface area contributed by atoms with E-state index in [0.717, 1.165) is 12.0 Å². The largest absolute Gasteiger partial charge is 0.0795 e. The van der Waals surface area contributed by atoms with Gasteiger partial charge in [0.1, 0.15) is 0 Å². The van der Waals surface area contributed by atoms with E-state index in [2.05, 4.69) is 29.8 Å². The van der Waals surface area contributed by atoms with E-state index in [0.29, 0.717) is 0 Å². The van der Waals surface area contributed by atoms with Crippen molar-refractivity contribution in [3.63, 3.8) is 0 Å². The summed E-state index contributed by atoms with van der Waals surface area (Å²) in [7, 11) is 0. The Morgan fingerprint density at radius 3 is 2.90 bits per heavy atom. The van der Waals surface area contributed by atoms with Gasteiger partial charge in [-0.2, -0.15) is 0 Å². The molecule has 48 valence electrons. The van der Waals surface area contributed by atoms with Crippen LogP contribution in [0.15, 0.2) is 53.6 Å². The summed E-state index contributed by atoms with van der Waals surface area (Å²) in [5, 5.41) is 0. The van der Waals surface area contributed by atoms with Crippen molar-refractivity contribution in [2.45, 2.75) is 6.42 Å². The van der Waals surface area contributed by atoms with Crippen molar-refractivity contribution < 1.29 is 0 Å². The Bertz CT molecular complexity index is 284. The molecular weight excluding hydrogens is 120 g/mol. The molecule has 0 aromatic carbocycles. The lowest BCUT2D eigenvalue weighted by molar-refractivity contribution is 1.27. The van der Waals surface area contributed by atoms with E-state index in [1.54, 1.807) is 0 Å². The van der Waals surface area contributed by atoms with Gasteiger partial charge in [-0.3, -0.25) is 0 Å². The summed E-state index contributed by atoms with van der Waals surface area (Å²) < 4.78 is 0. The van der Waals surface area contributed by atoms with Gasteiger partial charge in [0.15, 0.2) is 0 Å². The Morgan fingerprint density at radius 1 is 1.40 bits per heavy atom. The van der Waals surface area contributed by atoms with Gasteiger partial charge >= 0.3 is 0 Å². The van der Waals surface area contributed by atoms with Crippen molar-refractivity contribution in [3.05, 3.63) is 53.6 Å². The molecule has 1 aliphatic carbocycles. The maximum absolute atomic E-state index is 3.39. The highest BCUT2D eigenvalue weighted by Gasteiger charge is 1.88. The molecule has 0 atom stereocenters. The van der Waals surface area contributed by atoms with Crippen LogP contribution in [-0.4, -0.2) is 0 Å². The van der Waals surface area contributed by atoms with E-state index in [4.69, 9.17) is 0 Å². The van der Waals surface area contributed by atoms with Gasteiger partial charge in [-0.1, -0.05) is 35.8 Å². The molecule has 0 amide bonds. The zero-order valence-corrected chi connectivity index (χ0v) is 5.72. The van der Waals surface area contributed by atoms with Gasteiger partial charge in [0, 0.05) is 5.57 Å². The normalized spacial score (nSPS) is 13.8. The van der Waals surface area contributed by atoms with Crippen molar-refractivity contribution in [2.75, 3.05) is 0 Å². The smallest absolute Gasteiger partial charge is 0.00681 e. The average Bonchev–Trinajstić information content (AvgIpc) is 2.03. The molecule has 0 N–H and O–H groups in total. The summed E-state index contributed by atoms with van der Waals surface area (Å²) in [6.07, 6.45) is 9.02. The lowest BCUT2D eigenvalue weighted by atomic mass is 10.1. The fourth-order valence-electron chi connectivity index (χ4n) is 0.730. The molecule has 0 aromatic heterocycles. The quantitative estimate of drug-likeness (QED) is 0.440. The van der Waals surface area contributed by atoms with Gasteiger partial charge in [-0.05, 0) is 18.7 Å². The van der Waals surface area contributed by atoms with Crippen molar-refractivity contribution in [1.29, 1.82) is 0 Å². The molecule has 0 nitrogen and oxygen atoms in total. The first-order chi connectivity index (χ1) is 4.93. The summed E-state index contributed by atoms with van der Waals surface area (Å²) in [5.74, 6) is 0. The fraction of sp³-hybridized carbons (Fsp3) is 0.100. The molecule has 0 spiro atoms. The van der Waals surface area contributed by atoms with Gasteiger partial charge in [-0.25, -0.2) is 0 Å². The molecule has 0 aromatic rings. The van der Waals surface area contributed by atoms with Crippen LogP contribution in [-0.2, 0) is 0 Å². The van der Waals surface area contributed by atoms with Crippen LogP contribution in [0.2, 0.25) is 0 Å². The SMILES string of the molecule is C=C=C=C=C1C=CC=CC1. The third-order valence-electron chi connectivity index (χ3n) is 1.19. The topological polar surface area (TPSA) is 0 Å². The molecule has 0 bridgehead atoms. The Labute approximate surface area is 60.9 Å². The van der Waals surface area contributed by atoms with Crippen molar-refractivity contribution in [3.8, 4) is 0 Å². The Kier molecular flexibility index (Phi) is 2.38. The first-order valence-electron chi connectivity index (χ1n) is 3.15. The molecule has 0 saturated heterocycles. The molecule has 0 unspecified atom stereocenters. The Hall–Kier alpha value is -1.44. The third kappa shape index (κ3) is 1.82. The molecule has 0 radical (unpaired) electrons. The number of allylic oxidation sites excluding steroid dienone is 5. The van der Waals surface area contributed by atoms with Crippen LogP contribution < -0.4 is 0 Å². The van der Waals surface area contributed by atoms with Gasteiger partial charge in [0.25, 0.3) is 0 Å². The molecule has 0 aliphatic heterocycles. The zero-order chi connectivity index (χ0) is 7.23. The summed E-state index contributed by atoms with van der Waals surface area (Å²) in [6, 6.07) is 0. The number of hydrogen-bond acceptors (Lipinski definition) is 0. The molecule has 1 rings (SSSR count). The van der Waals surface area contributed by atoms with Crippen LogP contribution in [0.25, 0.3) is 0 Å². The van der Waals surface area contributed by atoms with E-state index in [1.165, 1.54) is 0 Å². The van der Waals surface area contributed by atoms with Crippen molar-refractivity contribution in [1.82, 2.24) is 0 Å². The highest BCUT2D eigenvalue weighted by molar-refractivity contribution is 5.28. The van der Waals surface area contributed by atoms with E-state index in [1.807, 2.05) is 18.2 Å². The highest BCUT2D eigenvalue weighted by Crippen LogP contribution is 2.06. The van der Waals surface area contributed by atoms with Crippen LogP contribution in [0.3, 0.4) is 0 Å². The predicted molar refractivity (Wildman–Crippen MR) is 42.6 cm³/mol. The minimum absolute atomic E-state index is 0.936. The summed E-state index contributed by atoms with van der Waals surface area (Å²) >= 11 is 0. The number of hydrogen-bond donors (Lipinski definition) is 0.